The summed E-state index contributed by atoms with van der Waals surface area (Å²) >= 11 is 0. The van der Waals surface area contributed by atoms with Crippen LogP contribution in [-0.4, -0.2) is 19.0 Å². The summed E-state index contributed by atoms with van der Waals surface area (Å²) in [4.78, 5) is 2.12. The van der Waals surface area contributed by atoms with Crippen molar-refractivity contribution in [1.29, 1.82) is 0 Å². The summed E-state index contributed by atoms with van der Waals surface area (Å²) < 4.78 is 0. The first kappa shape index (κ1) is 30.5. The highest BCUT2D eigenvalue weighted by atomic mass is 15.0. The average molecular weight is 436 g/mol. The molecule has 0 bridgehead atoms. The molecule has 0 saturated heterocycles. The molecule has 0 fully saturated rings. The Morgan fingerprint density at radius 3 is 0.903 bits per heavy atom. The maximum absolute atomic E-state index is 2.30. The first-order valence-corrected chi connectivity index (χ1v) is 14.6. The Balaban J connectivity index is 3.02. The van der Waals surface area contributed by atoms with Gasteiger partial charge in [-0.1, -0.05) is 161 Å². The van der Waals surface area contributed by atoms with E-state index >= 15 is 0 Å². The molecule has 1 nitrogen and oxygen atoms in total. The SMILES string of the molecule is CCCCCCCCCCCCCCCCCCCCCCCCCCC=CN(C)C. The Morgan fingerprint density at radius 1 is 0.387 bits per heavy atom. The fourth-order valence-corrected chi connectivity index (χ4v) is 4.51. The van der Waals surface area contributed by atoms with Crippen LogP contribution < -0.4 is 0 Å². The Bertz CT molecular complexity index is 333. The van der Waals surface area contributed by atoms with Gasteiger partial charge in [0, 0.05) is 14.1 Å². The Kier molecular flexibility index (Phi) is 27.2. The molecule has 0 radical (unpaired) electrons. The van der Waals surface area contributed by atoms with Gasteiger partial charge in [0.1, 0.15) is 0 Å². The number of allylic oxidation sites excluding steroid dienone is 1. The lowest BCUT2D eigenvalue weighted by molar-refractivity contribution is 0.517. The van der Waals surface area contributed by atoms with Crippen LogP contribution in [-0.2, 0) is 0 Å². The van der Waals surface area contributed by atoms with Crippen LogP contribution in [0.4, 0.5) is 0 Å². The van der Waals surface area contributed by atoms with Gasteiger partial charge in [-0.05, 0) is 19.0 Å². The summed E-state index contributed by atoms with van der Waals surface area (Å²) in [6, 6.07) is 0. The minimum atomic E-state index is 1.25. The molecule has 0 heterocycles. The summed E-state index contributed by atoms with van der Waals surface area (Å²) in [5.41, 5.74) is 0. The van der Waals surface area contributed by atoms with Crippen molar-refractivity contribution in [3.8, 4) is 0 Å². The average Bonchev–Trinajstić information content (AvgIpc) is 2.76. The highest BCUT2D eigenvalue weighted by molar-refractivity contribution is 4.78. The maximum Gasteiger partial charge on any atom is 0.00555 e. The van der Waals surface area contributed by atoms with E-state index in [9.17, 15) is 0 Å². The molecular weight excluding hydrogens is 374 g/mol. The van der Waals surface area contributed by atoms with Gasteiger partial charge in [-0.25, -0.2) is 0 Å². The molecule has 0 aromatic rings. The van der Waals surface area contributed by atoms with Crippen LogP contribution in [0.1, 0.15) is 167 Å². The van der Waals surface area contributed by atoms with Crippen molar-refractivity contribution in [2.24, 2.45) is 0 Å². The van der Waals surface area contributed by atoms with Gasteiger partial charge in [-0.3, -0.25) is 0 Å². The molecule has 0 aromatic heterocycles. The summed E-state index contributed by atoms with van der Waals surface area (Å²) in [6.07, 6.45) is 40.9. The molecule has 186 valence electrons. The number of unbranched alkanes of at least 4 members (excludes halogenated alkanes) is 24. The molecule has 0 amide bonds. The predicted molar refractivity (Wildman–Crippen MR) is 144 cm³/mol. The van der Waals surface area contributed by atoms with Crippen LogP contribution in [0.2, 0.25) is 0 Å². The number of rotatable bonds is 26. The summed E-state index contributed by atoms with van der Waals surface area (Å²) in [6.45, 7) is 2.30. The van der Waals surface area contributed by atoms with Gasteiger partial charge < -0.3 is 4.90 Å². The molecule has 0 aromatic carbocycles. The topological polar surface area (TPSA) is 3.24 Å². The summed E-state index contributed by atoms with van der Waals surface area (Å²) in [5, 5.41) is 0. The number of hydrogen-bond donors (Lipinski definition) is 0. The standard InChI is InChI=1S/C30H61N/c1-4-5-6-7-8-9-10-11-12-13-14-15-16-17-18-19-20-21-22-23-24-25-26-27-28-29-30-31(2)3/h29-30H,4-28H2,1-3H3. The minimum Gasteiger partial charge on any atom is -0.384 e. The second-order valence-electron chi connectivity index (χ2n) is 10.3. The van der Waals surface area contributed by atoms with Crippen LogP contribution >= 0.6 is 0 Å². The molecule has 0 N–H and O–H groups in total. The number of nitrogens with zero attached hydrogens (tertiary/aromatic N) is 1. The van der Waals surface area contributed by atoms with E-state index in [1.54, 1.807) is 0 Å². The zero-order chi connectivity index (χ0) is 22.7. The highest BCUT2D eigenvalue weighted by Gasteiger charge is 1.96. The van der Waals surface area contributed by atoms with Gasteiger partial charge in [0.15, 0.2) is 0 Å². The van der Waals surface area contributed by atoms with Gasteiger partial charge in [0.05, 0.1) is 0 Å². The molecule has 0 atom stereocenters. The molecule has 0 spiro atoms. The van der Waals surface area contributed by atoms with E-state index in [0.29, 0.717) is 0 Å². The molecule has 0 saturated carbocycles. The van der Waals surface area contributed by atoms with E-state index in [-0.39, 0.29) is 0 Å². The van der Waals surface area contributed by atoms with Crippen molar-refractivity contribution < 1.29 is 0 Å². The molecule has 0 rings (SSSR count). The zero-order valence-electron chi connectivity index (χ0n) is 22.3. The van der Waals surface area contributed by atoms with Gasteiger partial charge in [-0.15, -0.1) is 0 Å². The van der Waals surface area contributed by atoms with E-state index in [2.05, 4.69) is 38.2 Å². The van der Waals surface area contributed by atoms with Crippen LogP contribution in [0.5, 0.6) is 0 Å². The van der Waals surface area contributed by atoms with Crippen LogP contribution in [0, 0.1) is 0 Å². The molecule has 0 unspecified atom stereocenters. The van der Waals surface area contributed by atoms with E-state index in [1.165, 1.54) is 161 Å². The van der Waals surface area contributed by atoms with Gasteiger partial charge in [0.25, 0.3) is 0 Å². The monoisotopic (exact) mass is 435 g/mol. The van der Waals surface area contributed by atoms with Crippen molar-refractivity contribution in [2.45, 2.75) is 167 Å². The summed E-state index contributed by atoms with van der Waals surface area (Å²) in [5.74, 6) is 0. The molecule has 0 aliphatic rings. The normalized spacial score (nSPS) is 11.6. The smallest absolute Gasteiger partial charge is 0.00555 e. The fraction of sp³-hybridized carbons (Fsp3) is 0.933. The largest absolute Gasteiger partial charge is 0.384 e. The van der Waals surface area contributed by atoms with Gasteiger partial charge in [-0.2, -0.15) is 0 Å². The zero-order valence-corrected chi connectivity index (χ0v) is 22.3. The van der Waals surface area contributed by atoms with E-state index in [4.69, 9.17) is 0 Å². The lowest BCUT2D eigenvalue weighted by atomic mass is 10.0. The van der Waals surface area contributed by atoms with Crippen molar-refractivity contribution in [3.05, 3.63) is 12.3 Å². The molecule has 0 aliphatic heterocycles. The predicted octanol–water partition coefficient (Wildman–Crippen LogP) is 10.8. The first-order valence-electron chi connectivity index (χ1n) is 14.6. The highest BCUT2D eigenvalue weighted by Crippen LogP contribution is 2.15. The third-order valence-electron chi connectivity index (χ3n) is 6.63. The minimum absolute atomic E-state index is 1.25. The van der Waals surface area contributed by atoms with E-state index in [0.717, 1.165) is 0 Å². The molecular formula is C30H61N. The first-order chi connectivity index (χ1) is 15.3. The van der Waals surface area contributed by atoms with Crippen molar-refractivity contribution >= 4 is 0 Å². The van der Waals surface area contributed by atoms with Gasteiger partial charge >= 0.3 is 0 Å². The second-order valence-corrected chi connectivity index (χ2v) is 10.3. The second kappa shape index (κ2) is 27.6. The molecule has 0 aliphatic carbocycles. The Morgan fingerprint density at radius 2 is 0.645 bits per heavy atom. The summed E-state index contributed by atoms with van der Waals surface area (Å²) in [7, 11) is 4.19. The maximum atomic E-state index is 2.30. The van der Waals surface area contributed by atoms with Gasteiger partial charge in [0.2, 0.25) is 0 Å². The van der Waals surface area contributed by atoms with Crippen LogP contribution in [0.15, 0.2) is 12.3 Å². The van der Waals surface area contributed by atoms with E-state index < -0.39 is 0 Å². The van der Waals surface area contributed by atoms with E-state index in [1.807, 2.05) is 0 Å². The Labute approximate surface area is 198 Å². The molecule has 1 heteroatoms. The van der Waals surface area contributed by atoms with Crippen molar-refractivity contribution in [3.63, 3.8) is 0 Å². The molecule has 31 heavy (non-hydrogen) atoms. The van der Waals surface area contributed by atoms with Crippen LogP contribution in [0.3, 0.4) is 0 Å². The third kappa shape index (κ3) is 29.5. The quantitative estimate of drug-likeness (QED) is 0.122. The van der Waals surface area contributed by atoms with Crippen molar-refractivity contribution in [2.75, 3.05) is 14.1 Å². The Hall–Kier alpha value is -0.460. The third-order valence-corrected chi connectivity index (χ3v) is 6.63. The lowest BCUT2D eigenvalue weighted by Gasteiger charge is -2.04. The lowest BCUT2D eigenvalue weighted by Crippen LogP contribution is -1.99. The fourth-order valence-electron chi connectivity index (χ4n) is 4.51. The van der Waals surface area contributed by atoms with Crippen LogP contribution in [0.25, 0.3) is 0 Å². The number of hydrogen-bond acceptors (Lipinski definition) is 1. The van der Waals surface area contributed by atoms with Crippen molar-refractivity contribution in [1.82, 2.24) is 4.90 Å².